The Bertz CT molecular complexity index is 287. The van der Waals surface area contributed by atoms with Gasteiger partial charge in [-0.05, 0) is 25.2 Å². The molecule has 1 amide bonds. The summed E-state index contributed by atoms with van der Waals surface area (Å²) in [6.07, 6.45) is 3.60. The minimum atomic E-state index is -0.801. The lowest BCUT2D eigenvalue weighted by Gasteiger charge is -2.23. The summed E-state index contributed by atoms with van der Waals surface area (Å²) in [7, 11) is -0.801. The topological polar surface area (TPSA) is 72.2 Å². The summed E-state index contributed by atoms with van der Waals surface area (Å²) in [5.41, 5.74) is 6.09. The van der Waals surface area contributed by atoms with E-state index in [1.807, 2.05) is 6.92 Å². The first-order chi connectivity index (χ1) is 8.10. The summed E-state index contributed by atoms with van der Waals surface area (Å²) in [6, 6.07) is -0.0410. The van der Waals surface area contributed by atoms with Crippen molar-refractivity contribution < 1.29 is 9.00 Å². The maximum absolute atomic E-state index is 11.7. The molecule has 18 heavy (non-hydrogen) atoms. The highest BCUT2D eigenvalue weighted by Gasteiger charge is 2.18. The number of hydrogen-bond donors (Lipinski definition) is 2. The van der Waals surface area contributed by atoms with E-state index in [1.54, 1.807) is 6.26 Å². The molecule has 0 aromatic carbocycles. The number of nitrogens with one attached hydrogen (secondary N) is 1. The second-order valence-electron chi connectivity index (χ2n) is 6.26. The highest BCUT2D eigenvalue weighted by molar-refractivity contribution is 7.84. The fourth-order valence-electron chi connectivity index (χ4n) is 1.85. The zero-order valence-corrected chi connectivity index (χ0v) is 13.1. The Morgan fingerprint density at radius 1 is 1.39 bits per heavy atom. The molecule has 0 saturated heterocycles. The zero-order chi connectivity index (χ0) is 14.3. The third kappa shape index (κ3) is 10.7. The van der Waals surface area contributed by atoms with Crippen molar-refractivity contribution in [3.63, 3.8) is 0 Å². The van der Waals surface area contributed by atoms with Gasteiger partial charge in [-0.1, -0.05) is 20.8 Å². The van der Waals surface area contributed by atoms with Crippen LogP contribution in [0.15, 0.2) is 0 Å². The van der Waals surface area contributed by atoms with Gasteiger partial charge in [0.15, 0.2) is 0 Å². The second kappa shape index (κ2) is 7.89. The standard InChI is InChI=1S/C13H28N2O2S/c1-10(6-7-18(5)17)15-12(16)8-11(14)9-13(2,3)4/h10-11H,6-9,14H2,1-5H3,(H,15,16). The van der Waals surface area contributed by atoms with Gasteiger partial charge in [0.05, 0.1) is 0 Å². The minimum Gasteiger partial charge on any atom is -0.354 e. The van der Waals surface area contributed by atoms with Crippen molar-refractivity contribution in [2.45, 2.75) is 59.0 Å². The molecule has 3 unspecified atom stereocenters. The summed E-state index contributed by atoms with van der Waals surface area (Å²) in [6.45, 7) is 8.28. The summed E-state index contributed by atoms with van der Waals surface area (Å²) < 4.78 is 10.9. The summed E-state index contributed by atoms with van der Waals surface area (Å²) in [5.74, 6) is 0.608. The molecule has 0 aliphatic rings. The Morgan fingerprint density at radius 3 is 2.39 bits per heavy atom. The van der Waals surface area contributed by atoms with Gasteiger partial charge in [-0.2, -0.15) is 0 Å². The lowest BCUT2D eigenvalue weighted by molar-refractivity contribution is -0.122. The predicted octanol–water partition coefficient (Wildman–Crippen LogP) is 1.41. The number of rotatable bonds is 7. The third-order valence-electron chi connectivity index (χ3n) is 2.57. The summed E-state index contributed by atoms with van der Waals surface area (Å²) in [4.78, 5) is 11.7. The molecule has 0 rings (SSSR count). The fraction of sp³-hybridized carbons (Fsp3) is 0.923. The lowest BCUT2D eigenvalue weighted by Crippen LogP contribution is -2.38. The van der Waals surface area contributed by atoms with Gasteiger partial charge in [-0.3, -0.25) is 9.00 Å². The zero-order valence-electron chi connectivity index (χ0n) is 12.3. The minimum absolute atomic E-state index is 0.0128. The van der Waals surface area contributed by atoms with Crippen LogP contribution < -0.4 is 11.1 Å². The van der Waals surface area contributed by atoms with Crippen molar-refractivity contribution in [1.82, 2.24) is 5.32 Å². The molecule has 108 valence electrons. The van der Waals surface area contributed by atoms with E-state index in [-0.39, 0.29) is 23.4 Å². The first-order valence-corrected chi connectivity index (χ1v) is 8.18. The first-order valence-electron chi connectivity index (χ1n) is 6.45. The largest absolute Gasteiger partial charge is 0.354 e. The van der Waals surface area contributed by atoms with Crippen LogP contribution in [-0.2, 0) is 15.6 Å². The van der Waals surface area contributed by atoms with Crippen LogP contribution in [0.2, 0.25) is 0 Å². The Morgan fingerprint density at radius 2 is 1.94 bits per heavy atom. The smallest absolute Gasteiger partial charge is 0.221 e. The van der Waals surface area contributed by atoms with E-state index < -0.39 is 10.8 Å². The van der Waals surface area contributed by atoms with Gasteiger partial charge in [0.1, 0.15) is 0 Å². The molecule has 3 N–H and O–H groups in total. The highest BCUT2D eigenvalue weighted by atomic mass is 32.2. The highest BCUT2D eigenvalue weighted by Crippen LogP contribution is 2.20. The number of carbonyl (C=O) groups excluding carboxylic acids is 1. The van der Waals surface area contributed by atoms with E-state index in [9.17, 15) is 9.00 Å². The summed E-state index contributed by atoms with van der Waals surface area (Å²) >= 11 is 0. The Hall–Kier alpha value is -0.420. The summed E-state index contributed by atoms with van der Waals surface area (Å²) in [5, 5.41) is 2.90. The molecular formula is C13H28N2O2S. The van der Waals surface area contributed by atoms with Crippen LogP contribution in [0.5, 0.6) is 0 Å². The van der Waals surface area contributed by atoms with Gasteiger partial charge in [-0.15, -0.1) is 0 Å². The van der Waals surface area contributed by atoms with Crippen molar-refractivity contribution in [3.8, 4) is 0 Å². The van der Waals surface area contributed by atoms with E-state index in [2.05, 4.69) is 26.1 Å². The maximum Gasteiger partial charge on any atom is 0.221 e. The van der Waals surface area contributed by atoms with Gasteiger partial charge >= 0.3 is 0 Å². The van der Waals surface area contributed by atoms with Gasteiger partial charge in [0.25, 0.3) is 0 Å². The molecule has 0 saturated carbocycles. The average molecular weight is 276 g/mol. The van der Waals surface area contributed by atoms with Crippen molar-refractivity contribution in [2.75, 3.05) is 12.0 Å². The van der Waals surface area contributed by atoms with Crippen LogP contribution in [0.25, 0.3) is 0 Å². The first kappa shape index (κ1) is 17.6. The van der Waals surface area contributed by atoms with Crippen LogP contribution in [0.1, 0.15) is 47.0 Å². The molecule has 0 bridgehead atoms. The van der Waals surface area contributed by atoms with Crippen LogP contribution >= 0.6 is 0 Å². The Labute approximate surface area is 114 Å². The predicted molar refractivity (Wildman–Crippen MR) is 77.8 cm³/mol. The molecule has 0 spiro atoms. The monoisotopic (exact) mass is 276 g/mol. The molecule has 0 heterocycles. The molecule has 0 aliphatic carbocycles. The fourth-order valence-corrected chi connectivity index (χ4v) is 2.53. The Balaban J connectivity index is 3.92. The molecule has 0 aliphatic heterocycles. The van der Waals surface area contributed by atoms with Crippen LogP contribution in [0.3, 0.4) is 0 Å². The molecular weight excluding hydrogens is 248 g/mol. The van der Waals surface area contributed by atoms with Crippen molar-refractivity contribution in [2.24, 2.45) is 11.1 Å². The Kier molecular flexibility index (Phi) is 7.71. The van der Waals surface area contributed by atoms with Crippen molar-refractivity contribution >= 4 is 16.7 Å². The van der Waals surface area contributed by atoms with E-state index in [0.29, 0.717) is 12.2 Å². The SMILES string of the molecule is CC(CCS(C)=O)NC(=O)CC(N)CC(C)(C)C. The quantitative estimate of drug-likeness (QED) is 0.738. The number of amides is 1. The number of carbonyl (C=O) groups is 1. The molecule has 0 fully saturated rings. The van der Waals surface area contributed by atoms with E-state index in [0.717, 1.165) is 12.8 Å². The number of nitrogens with two attached hydrogens (primary N) is 1. The van der Waals surface area contributed by atoms with Crippen LogP contribution in [-0.4, -0.2) is 34.2 Å². The average Bonchev–Trinajstić information content (AvgIpc) is 2.10. The molecule has 0 aromatic rings. The normalized spacial score (nSPS) is 17.0. The maximum atomic E-state index is 11.7. The van der Waals surface area contributed by atoms with Crippen LogP contribution in [0.4, 0.5) is 0 Å². The molecule has 0 aromatic heterocycles. The molecule has 5 heteroatoms. The molecule has 3 atom stereocenters. The van der Waals surface area contributed by atoms with E-state index in [4.69, 9.17) is 5.73 Å². The van der Waals surface area contributed by atoms with E-state index in [1.165, 1.54) is 0 Å². The molecule has 0 radical (unpaired) electrons. The van der Waals surface area contributed by atoms with Crippen LogP contribution in [0, 0.1) is 5.41 Å². The number of hydrogen-bond acceptors (Lipinski definition) is 3. The van der Waals surface area contributed by atoms with Gasteiger partial charge < -0.3 is 11.1 Å². The van der Waals surface area contributed by atoms with Gasteiger partial charge in [0, 0.05) is 41.3 Å². The molecule has 4 nitrogen and oxygen atoms in total. The van der Waals surface area contributed by atoms with Crippen molar-refractivity contribution in [1.29, 1.82) is 0 Å². The second-order valence-corrected chi connectivity index (χ2v) is 7.82. The third-order valence-corrected chi connectivity index (χ3v) is 3.38. The van der Waals surface area contributed by atoms with Crippen molar-refractivity contribution in [3.05, 3.63) is 0 Å². The van der Waals surface area contributed by atoms with Gasteiger partial charge in [0.2, 0.25) is 5.91 Å². The van der Waals surface area contributed by atoms with E-state index >= 15 is 0 Å². The van der Waals surface area contributed by atoms with Gasteiger partial charge in [-0.25, -0.2) is 0 Å². The lowest BCUT2D eigenvalue weighted by atomic mass is 9.87.